The molecule has 0 aliphatic carbocycles. The highest BCUT2D eigenvalue weighted by Crippen LogP contribution is 2.19. The number of carbonyl (C=O) groups excluding carboxylic acids is 1. The molecule has 3 aromatic rings. The topological polar surface area (TPSA) is 96.9 Å². The third kappa shape index (κ3) is 3.28. The zero-order valence-electron chi connectivity index (χ0n) is 14.6. The smallest absolute Gasteiger partial charge is 0.254 e. The van der Waals surface area contributed by atoms with E-state index in [1.165, 1.54) is 0 Å². The number of amides is 1. The maximum atomic E-state index is 13.0. The van der Waals surface area contributed by atoms with Gasteiger partial charge in [-0.3, -0.25) is 14.8 Å². The van der Waals surface area contributed by atoms with Gasteiger partial charge in [-0.25, -0.2) is 0 Å². The van der Waals surface area contributed by atoms with Crippen molar-refractivity contribution in [2.75, 3.05) is 19.8 Å². The van der Waals surface area contributed by atoms with Crippen LogP contribution in [-0.4, -0.2) is 62.0 Å². The van der Waals surface area contributed by atoms with Gasteiger partial charge in [-0.05, 0) is 38.0 Å². The first kappa shape index (κ1) is 16.6. The molecule has 8 heteroatoms. The van der Waals surface area contributed by atoms with Gasteiger partial charge in [-0.1, -0.05) is 0 Å². The van der Waals surface area contributed by atoms with E-state index in [0.29, 0.717) is 30.8 Å². The molecule has 8 nitrogen and oxygen atoms in total. The zero-order valence-corrected chi connectivity index (χ0v) is 14.6. The normalized spacial score (nSPS) is 17.6. The van der Waals surface area contributed by atoms with Crippen LogP contribution in [0, 0.1) is 6.92 Å². The van der Waals surface area contributed by atoms with E-state index in [2.05, 4.69) is 25.4 Å². The first-order valence-electron chi connectivity index (χ1n) is 8.68. The third-order valence-electron chi connectivity index (χ3n) is 4.75. The molecule has 0 bridgehead atoms. The standard InChI is InChI=1S/C18H20N6O2/c1-12-15(20-7-6-19-12)5-3-14-11-26-9-8-24(14)18(25)13-2-4-16-17(10-13)22-23-21-16/h2,4,6-7,10,14H,3,5,8-9,11H2,1H3,(H,21,22,23)/t14-/m1/s1. The van der Waals surface area contributed by atoms with Gasteiger partial charge in [0.15, 0.2) is 0 Å². The van der Waals surface area contributed by atoms with Crippen LogP contribution in [0.25, 0.3) is 11.0 Å². The van der Waals surface area contributed by atoms with E-state index in [1.54, 1.807) is 24.5 Å². The minimum absolute atomic E-state index is 0.000863. The van der Waals surface area contributed by atoms with E-state index in [1.807, 2.05) is 17.9 Å². The number of nitrogens with one attached hydrogen (secondary N) is 1. The van der Waals surface area contributed by atoms with Gasteiger partial charge in [-0.2, -0.15) is 15.4 Å². The lowest BCUT2D eigenvalue weighted by molar-refractivity contribution is -0.00413. The van der Waals surface area contributed by atoms with Crippen molar-refractivity contribution in [1.82, 2.24) is 30.3 Å². The summed E-state index contributed by atoms with van der Waals surface area (Å²) < 4.78 is 5.62. The zero-order chi connectivity index (χ0) is 17.9. The minimum atomic E-state index is -0.000863. The fourth-order valence-electron chi connectivity index (χ4n) is 3.29. The van der Waals surface area contributed by atoms with Crippen LogP contribution in [0.1, 0.15) is 28.2 Å². The summed E-state index contributed by atoms with van der Waals surface area (Å²) in [5.41, 5.74) is 3.95. The Morgan fingerprint density at radius 2 is 2.12 bits per heavy atom. The Morgan fingerprint density at radius 3 is 3.00 bits per heavy atom. The molecule has 1 aromatic carbocycles. The lowest BCUT2D eigenvalue weighted by atomic mass is 10.0. The average molecular weight is 352 g/mol. The first-order chi connectivity index (χ1) is 12.7. The maximum Gasteiger partial charge on any atom is 0.254 e. The molecule has 1 N–H and O–H groups in total. The predicted octanol–water partition coefficient (Wildman–Crippen LogP) is 1.53. The van der Waals surface area contributed by atoms with E-state index < -0.39 is 0 Å². The van der Waals surface area contributed by atoms with Crippen molar-refractivity contribution in [2.24, 2.45) is 0 Å². The van der Waals surface area contributed by atoms with Gasteiger partial charge in [0, 0.05) is 24.5 Å². The van der Waals surface area contributed by atoms with Gasteiger partial charge in [-0.15, -0.1) is 0 Å². The van der Waals surface area contributed by atoms with Gasteiger partial charge in [0.2, 0.25) is 0 Å². The summed E-state index contributed by atoms with van der Waals surface area (Å²) in [6.45, 7) is 3.63. The second-order valence-electron chi connectivity index (χ2n) is 6.38. The van der Waals surface area contributed by atoms with Crippen LogP contribution in [0.3, 0.4) is 0 Å². The second kappa shape index (κ2) is 7.17. The van der Waals surface area contributed by atoms with Gasteiger partial charge in [0.25, 0.3) is 5.91 Å². The fraction of sp³-hybridized carbons (Fsp3) is 0.389. The molecule has 3 heterocycles. The number of H-pyrrole nitrogens is 1. The van der Waals surface area contributed by atoms with Crippen LogP contribution in [0.4, 0.5) is 0 Å². The SMILES string of the molecule is Cc1nccnc1CC[C@@H]1COCCN1C(=O)c1ccc2n[nH]nc2c1. The van der Waals surface area contributed by atoms with Crippen LogP contribution in [0.5, 0.6) is 0 Å². The number of morpholine rings is 1. The van der Waals surface area contributed by atoms with Crippen LogP contribution >= 0.6 is 0 Å². The number of rotatable bonds is 4. The van der Waals surface area contributed by atoms with Crippen LogP contribution in [-0.2, 0) is 11.2 Å². The molecule has 4 rings (SSSR count). The van der Waals surface area contributed by atoms with Crippen molar-refractivity contribution < 1.29 is 9.53 Å². The van der Waals surface area contributed by atoms with E-state index >= 15 is 0 Å². The Morgan fingerprint density at radius 1 is 1.27 bits per heavy atom. The highest BCUT2D eigenvalue weighted by Gasteiger charge is 2.28. The van der Waals surface area contributed by atoms with Crippen LogP contribution in [0.2, 0.25) is 0 Å². The van der Waals surface area contributed by atoms with Gasteiger partial charge >= 0.3 is 0 Å². The van der Waals surface area contributed by atoms with Crippen LogP contribution < -0.4 is 0 Å². The monoisotopic (exact) mass is 352 g/mol. The highest BCUT2D eigenvalue weighted by atomic mass is 16.5. The van der Waals surface area contributed by atoms with Gasteiger partial charge in [0.05, 0.1) is 30.6 Å². The van der Waals surface area contributed by atoms with Crippen molar-refractivity contribution in [3.63, 3.8) is 0 Å². The number of aromatic amines is 1. The van der Waals surface area contributed by atoms with E-state index in [9.17, 15) is 4.79 Å². The number of benzene rings is 1. The summed E-state index contributed by atoms with van der Waals surface area (Å²) in [4.78, 5) is 23.6. The molecule has 2 aromatic heterocycles. The van der Waals surface area contributed by atoms with Gasteiger partial charge < -0.3 is 9.64 Å². The molecule has 1 atom stereocenters. The molecule has 0 saturated carbocycles. The highest BCUT2D eigenvalue weighted by molar-refractivity contribution is 5.97. The number of aromatic nitrogens is 5. The molecular weight excluding hydrogens is 332 g/mol. The Balaban J connectivity index is 1.51. The average Bonchev–Trinajstić information content (AvgIpc) is 3.15. The summed E-state index contributed by atoms with van der Waals surface area (Å²) >= 11 is 0. The molecule has 0 spiro atoms. The molecule has 26 heavy (non-hydrogen) atoms. The van der Waals surface area contributed by atoms with Crippen molar-refractivity contribution >= 4 is 16.9 Å². The van der Waals surface area contributed by atoms with Crippen molar-refractivity contribution in [3.05, 3.63) is 47.5 Å². The molecule has 1 fully saturated rings. The van der Waals surface area contributed by atoms with Crippen molar-refractivity contribution in [1.29, 1.82) is 0 Å². The molecule has 1 saturated heterocycles. The third-order valence-corrected chi connectivity index (χ3v) is 4.75. The molecular formula is C18H20N6O2. The Bertz CT molecular complexity index is 925. The van der Waals surface area contributed by atoms with E-state index in [-0.39, 0.29) is 11.9 Å². The number of carbonyl (C=O) groups is 1. The molecule has 0 radical (unpaired) electrons. The van der Waals surface area contributed by atoms with Crippen molar-refractivity contribution in [2.45, 2.75) is 25.8 Å². The quantitative estimate of drug-likeness (QED) is 0.765. The van der Waals surface area contributed by atoms with Crippen LogP contribution in [0.15, 0.2) is 30.6 Å². The number of hydrogen-bond donors (Lipinski definition) is 1. The number of hydrogen-bond acceptors (Lipinski definition) is 6. The Hall–Kier alpha value is -2.87. The molecule has 0 unspecified atom stereocenters. The summed E-state index contributed by atoms with van der Waals surface area (Å²) in [7, 11) is 0. The summed E-state index contributed by atoms with van der Waals surface area (Å²) in [6.07, 6.45) is 4.95. The lowest BCUT2D eigenvalue weighted by Gasteiger charge is -2.35. The largest absolute Gasteiger partial charge is 0.377 e. The molecule has 1 aliphatic rings. The summed E-state index contributed by atoms with van der Waals surface area (Å²) in [5, 5.41) is 10.7. The summed E-state index contributed by atoms with van der Waals surface area (Å²) in [6, 6.07) is 5.41. The number of fused-ring (bicyclic) bond motifs is 1. The molecule has 1 aliphatic heterocycles. The fourth-order valence-corrected chi connectivity index (χ4v) is 3.29. The number of aryl methyl sites for hydroxylation is 2. The number of ether oxygens (including phenoxy) is 1. The maximum absolute atomic E-state index is 13.0. The molecule has 1 amide bonds. The lowest BCUT2D eigenvalue weighted by Crippen LogP contribution is -2.48. The molecule has 134 valence electrons. The summed E-state index contributed by atoms with van der Waals surface area (Å²) in [5.74, 6) is -0.000863. The second-order valence-corrected chi connectivity index (χ2v) is 6.38. The van der Waals surface area contributed by atoms with Crippen molar-refractivity contribution in [3.8, 4) is 0 Å². The predicted molar refractivity (Wildman–Crippen MR) is 94.6 cm³/mol. The Labute approximate surface area is 150 Å². The van der Waals surface area contributed by atoms with E-state index in [0.717, 1.165) is 29.7 Å². The van der Waals surface area contributed by atoms with Gasteiger partial charge in [0.1, 0.15) is 11.0 Å². The Kier molecular flexibility index (Phi) is 4.57. The first-order valence-corrected chi connectivity index (χ1v) is 8.68. The minimum Gasteiger partial charge on any atom is -0.377 e. The number of nitrogens with zero attached hydrogens (tertiary/aromatic N) is 5. The van der Waals surface area contributed by atoms with E-state index in [4.69, 9.17) is 4.74 Å².